The van der Waals surface area contributed by atoms with Crippen molar-refractivity contribution in [3.05, 3.63) is 0 Å². The van der Waals surface area contributed by atoms with Crippen LogP contribution in [0.1, 0.15) is 93.9 Å². The molecule has 184 valence electrons. The van der Waals surface area contributed by atoms with Gasteiger partial charge in [0, 0.05) is 6.92 Å². The zero-order valence-electron chi connectivity index (χ0n) is 20.7. The van der Waals surface area contributed by atoms with E-state index in [1.807, 2.05) is 27.7 Å². The Hall–Kier alpha value is -1.19. The summed E-state index contributed by atoms with van der Waals surface area (Å²) in [6.07, 6.45) is 3.25. The zero-order chi connectivity index (χ0) is 24.7. The number of rotatable bonds is 14. The van der Waals surface area contributed by atoms with Gasteiger partial charge in [0.1, 0.15) is 0 Å². The largest absolute Gasteiger partial charge is 0.464 e. The van der Waals surface area contributed by atoms with E-state index in [2.05, 4.69) is 0 Å². The molecule has 0 aromatic carbocycles. The summed E-state index contributed by atoms with van der Waals surface area (Å²) in [4.78, 5) is 24.9. The summed E-state index contributed by atoms with van der Waals surface area (Å²) in [5.41, 5.74) is -0.937. The lowest BCUT2D eigenvalue weighted by Gasteiger charge is -2.33. The Kier molecular flexibility index (Phi) is 10.7. The Balaban J connectivity index is 4.97. The minimum absolute atomic E-state index is 0.152. The first kappa shape index (κ1) is 29.8. The molecule has 1 N–H and O–H groups in total. The summed E-state index contributed by atoms with van der Waals surface area (Å²) in [6.45, 7) is 14.1. The molecule has 0 rings (SSSR count). The van der Waals surface area contributed by atoms with Crippen LogP contribution >= 0.6 is 0 Å². The van der Waals surface area contributed by atoms with Gasteiger partial charge in [-0.25, -0.2) is 4.79 Å². The van der Waals surface area contributed by atoms with E-state index in [9.17, 15) is 22.6 Å². The molecule has 0 aliphatic carbocycles. The van der Waals surface area contributed by atoms with Crippen molar-refractivity contribution in [3.63, 3.8) is 0 Å². The van der Waals surface area contributed by atoms with Crippen molar-refractivity contribution in [2.75, 3.05) is 13.7 Å². The summed E-state index contributed by atoms with van der Waals surface area (Å²) < 4.78 is 47.0. The molecule has 0 spiro atoms. The van der Waals surface area contributed by atoms with Crippen molar-refractivity contribution >= 4 is 22.1 Å². The molecular weight excluding hydrogens is 424 g/mol. The summed E-state index contributed by atoms with van der Waals surface area (Å²) in [7, 11) is -2.93. The summed E-state index contributed by atoms with van der Waals surface area (Å²) in [5.74, 6) is -3.14. The third kappa shape index (κ3) is 8.69. The van der Waals surface area contributed by atoms with Crippen LogP contribution in [-0.2, 0) is 33.9 Å². The lowest BCUT2D eigenvalue weighted by atomic mass is 9.81. The van der Waals surface area contributed by atoms with Crippen molar-refractivity contribution < 1.29 is 36.8 Å². The molecular formula is C22H42O8S. The van der Waals surface area contributed by atoms with E-state index in [-0.39, 0.29) is 12.0 Å². The van der Waals surface area contributed by atoms with Crippen LogP contribution in [-0.4, -0.2) is 49.2 Å². The van der Waals surface area contributed by atoms with E-state index in [1.54, 1.807) is 6.92 Å². The maximum Gasteiger partial charge on any atom is 0.379 e. The molecule has 1 atom stereocenters. The average molecular weight is 467 g/mol. The van der Waals surface area contributed by atoms with Crippen LogP contribution in [0.3, 0.4) is 0 Å². The van der Waals surface area contributed by atoms with Crippen molar-refractivity contribution in [1.82, 2.24) is 0 Å². The normalized spacial score (nSPS) is 15.3. The Morgan fingerprint density at radius 2 is 1.39 bits per heavy atom. The second-order valence-electron chi connectivity index (χ2n) is 9.95. The maximum absolute atomic E-state index is 12.6. The molecule has 0 aliphatic rings. The highest BCUT2D eigenvalue weighted by Gasteiger charge is 2.44. The van der Waals surface area contributed by atoms with E-state index in [0.717, 1.165) is 0 Å². The van der Waals surface area contributed by atoms with Gasteiger partial charge >= 0.3 is 17.7 Å². The van der Waals surface area contributed by atoms with Gasteiger partial charge in [-0.3, -0.25) is 9.35 Å². The highest BCUT2D eigenvalue weighted by molar-refractivity contribution is 7.87. The number of ether oxygens (including phenoxy) is 3. The minimum atomic E-state index is -4.13. The standard InChI is InChI=1S/C22H42O8S/c1-10-21(7,11-2)17(23)30-22(8,18(24)28-9)29-16-12-13-19(3,4)14-15-20(5,6)31(25,26)27/h10-16H2,1-9H3,(H,25,26,27). The van der Waals surface area contributed by atoms with Gasteiger partial charge in [-0.1, -0.05) is 27.7 Å². The SMILES string of the molecule is CCC(C)(CC)C(=O)OC(C)(OCCCC(C)(C)CCC(C)(C)S(=O)(=O)O)C(=O)OC. The third-order valence-electron chi connectivity index (χ3n) is 6.37. The van der Waals surface area contributed by atoms with E-state index in [1.165, 1.54) is 27.9 Å². The van der Waals surface area contributed by atoms with Crippen molar-refractivity contribution in [2.45, 2.75) is 104 Å². The van der Waals surface area contributed by atoms with Crippen LogP contribution in [0.25, 0.3) is 0 Å². The number of hydrogen-bond acceptors (Lipinski definition) is 7. The lowest BCUT2D eigenvalue weighted by Crippen LogP contribution is -2.47. The minimum Gasteiger partial charge on any atom is -0.464 e. The van der Waals surface area contributed by atoms with Gasteiger partial charge in [-0.05, 0) is 64.7 Å². The van der Waals surface area contributed by atoms with E-state index in [4.69, 9.17) is 14.2 Å². The molecule has 0 fully saturated rings. The van der Waals surface area contributed by atoms with Crippen LogP contribution in [0, 0.1) is 10.8 Å². The van der Waals surface area contributed by atoms with Crippen LogP contribution < -0.4 is 0 Å². The monoisotopic (exact) mass is 466 g/mol. The fourth-order valence-corrected chi connectivity index (χ4v) is 3.23. The molecule has 0 aliphatic heterocycles. The molecule has 0 amide bonds. The number of carbonyl (C=O) groups excluding carboxylic acids is 2. The van der Waals surface area contributed by atoms with Crippen LogP contribution in [0.2, 0.25) is 0 Å². The van der Waals surface area contributed by atoms with Gasteiger partial charge in [0.15, 0.2) is 0 Å². The molecule has 0 saturated carbocycles. The predicted octanol–water partition coefficient (Wildman–Crippen LogP) is 4.51. The van der Waals surface area contributed by atoms with E-state index >= 15 is 0 Å². The predicted molar refractivity (Wildman–Crippen MR) is 119 cm³/mol. The van der Waals surface area contributed by atoms with E-state index in [0.29, 0.717) is 38.5 Å². The van der Waals surface area contributed by atoms with E-state index < -0.39 is 38.0 Å². The van der Waals surface area contributed by atoms with Gasteiger partial charge < -0.3 is 14.2 Å². The quantitative estimate of drug-likeness (QED) is 0.172. The Morgan fingerprint density at radius 3 is 1.81 bits per heavy atom. The molecule has 31 heavy (non-hydrogen) atoms. The molecule has 0 bridgehead atoms. The van der Waals surface area contributed by atoms with Gasteiger partial charge in [-0.15, -0.1) is 0 Å². The smallest absolute Gasteiger partial charge is 0.379 e. The Labute approximate surface area is 188 Å². The van der Waals surface area contributed by atoms with Gasteiger partial charge in [0.05, 0.1) is 23.9 Å². The molecule has 0 saturated heterocycles. The maximum atomic E-state index is 12.6. The highest BCUT2D eigenvalue weighted by atomic mass is 32.2. The first-order chi connectivity index (χ1) is 13.9. The van der Waals surface area contributed by atoms with Crippen LogP contribution in [0.5, 0.6) is 0 Å². The summed E-state index contributed by atoms with van der Waals surface area (Å²) in [5, 5.41) is 0. The van der Waals surface area contributed by atoms with Crippen molar-refractivity contribution in [3.8, 4) is 0 Å². The second kappa shape index (κ2) is 11.1. The van der Waals surface area contributed by atoms with Crippen LogP contribution in [0.15, 0.2) is 0 Å². The third-order valence-corrected chi connectivity index (χ3v) is 7.98. The second-order valence-corrected chi connectivity index (χ2v) is 12.0. The summed E-state index contributed by atoms with van der Waals surface area (Å²) in [6, 6.07) is 0. The first-order valence-corrected chi connectivity index (χ1v) is 12.3. The average Bonchev–Trinajstić information content (AvgIpc) is 2.67. The van der Waals surface area contributed by atoms with Gasteiger partial charge in [-0.2, -0.15) is 8.42 Å². The Bertz CT molecular complexity index is 707. The number of methoxy groups -OCH3 is 1. The fourth-order valence-electron chi connectivity index (χ4n) is 2.87. The van der Waals surface area contributed by atoms with Crippen molar-refractivity contribution in [2.24, 2.45) is 10.8 Å². The highest BCUT2D eigenvalue weighted by Crippen LogP contribution is 2.34. The number of hydrogen-bond donors (Lipinski definition) is 1. The first-order valence-electron chi connectivity index (χ1n) is 10.8. The molecule has 0 radical (unpaired) electrons. The fraction of sp³-hybridized carbons (Fsp3) is 0.909. The molecule has 0 heterocycles. The van der Waals surface area contributed by atoms with Crippen LogP contribution in [0.4, 0.5) is 0 Å². The molecule has 1 unspecified atom stereocenters. The molecule has 9 heteroatoms. The number of esters is 2. The molecule has 8 nitrogen and oxygen atoms in total. The lowest BCUT2D eigenvalue weighted by molar-refractivity contribution is -0.241. The molecule has 0 aromatic heterocycles. The number of carbonyl (C=O) groups is 2. The topological polar surface area (TPSA) is 116 Å². The zero-order valence-corrected chi connectivity index (χ0v) is 21.5. The van der Waals surface area contributed by atoms with Gasteiger partial charge in [0.2, 0.25) is 0 Å². The summed E-state index contributed by atoms with van der Waals surface area (Å²) >= 11 is 0. The molecule has 0 aromatic rings. The van der Waals surface area contributed by atoms with Crippen molar-refractivity contribution in [1.29, 1.82) is 0 Å². The van der Waals surface area contributed by atoms with Gasteiger partial charge in [0.25, 0.3) is 10.1 Å². The Morgan fingerprint density at radius 1 is 0.871 bits per heavy atom.